The summed E-state index contributed by atoms with van der Waals surface area (Å²) >= 11 is 3.28. The van der Waals surface area contributed by atoms with Crippen LogP contribution in [-0.2, 0) is 4.79 Å². The average Bonchev–Trinajstić information content (AvgIpc) is 2.26. The van der Waals surface area contributed by atoms with E-state index in [2.05, 4.69) is 40.1 Å². The van der Waals surface area contributed by atoms with E-state index in [0.29, 0.717) is 18.2 Å². The van der Waals surface area contributed by atoms with Crippen LogP contribution >= 0.6 is 15.9 Å². The molecule has 94 valence electrons. The fraction of sp³-hybridized carbons (Fsp3) is 0.500. The quantitative estimate of drug-likeness (QED) is 0.877. The molecule has 0 aliphatic rings. The van der Waals surface area contributed by atoms with Crippen LogP contribution in [0.4, 0.5) is 0 Å². The Balaban J connectivity index is 2.24. The molecule has 4 nitrogen and oxygen atoms in total. The first-order valence-corrected chi connectivity index (χ1v) is 6.37. The van der Waals surface area contributed by atoms with Crippen molar-refractivity contribution >= 4 is 21.8 Å². The molecule has 0 bridgehead atoms. The maximum atomic E-state index is 11.4. The molecule has 1 N–H and O–H groups in total. The molecule has 0 aliphatic carbocycles. The van der Waals surface area contributed by atoms with Gasteiger partial charge in [-0.15, -0.1) is 0 Å². The van der Waals surface area contributed by atoms with Gasteiger partial charge in [0.05, 0.1) is 6.20 Å². The zero-order valence-electron chi connectivity index (χ0n) is 10.1. The number of hydrogen-bond acceptors (Lipinski definition) is 3. The molecule has 0 fully saturated rings. The summed E-state index contributed by atoms with van der Waals surface area (Å²) in [6, 6.07) is 1.77. The lowest BCUT2D eigenvalue weighted by atomic mass is 10.1. The summed E-state index contributed by atoms with van der Waals surface area (Å²) in [6.07, 6.45) is 4.21. The minimum Gasteiger partial charge on any atom is -0.482 e. The maximum Gasteiger partial charge on any atom is 0.257 e. The lowest BCUT2D eigenvalue weighted by molar-refractivity contribution is -0.123. The number of nitrogens with one attached hydrogen (secondary N) is 1. The molecule has 1 aromatic rings. The van der Waals surface area contributed by atoms with Crippen LogP contribution in [0.15, 0.2) is 22.9 Å². The maximum absolute atomic E-state index is 11.4. The minimum atomic E-state index is -0.106. The van der Waals surface area contributed by atoms with Gasteiger partial charge in [0.15, 0.2) is 6.61 Å². The average molecular weight is 301 g/mol. The fourth-order valence-electron chi connectivity index (χ4n) is 1.17. The Morgan fingerprint density at radius 1 is 1.53 bits per heavy atom. The van der Waals surface area contributed by atoms with E-state index in [-0.39, 0.29) is 12.5 Å². The molecule has 0 atom stereocenters. The lowest BCUT2D eigenvalue weighted by Crippen LogP contribution is -2.30. The van der Waals surface area contributed by atoms with Gasteiger partial charge >= 0.3 is 0 Å². The van der Waals surface area contributed by atoms with Crippen molar-refractivity contribution in [1.82, 2.24) is 10.3 Å². The van der Waals surface area contributed by atoms with Gasteiger partial charge in [-0.3, -0.25) is 9.78 Å². The second-order valence-electron chi connectivity index (χ2n) is 4.16. The number of ether oxygens (including phenoxy) is 1. The van der Waals surface area contributed by atoms with E-state index in [9.17, 15) is 4.79 Å². The van der Waals surface area contributed by atoms with Crippen LogP contribution in [0.2, 0.25) is 0 Å². The Morgan fingerprint density at radius 3 is 2.94 bits per heavy atom. The predicted octanol–water partition coefficient (Wildman–Crippen LogP) is 2.39. The van der Waals surface area contributed by atoms with Crippen LogP contribution in [0.5, 0.6) is 5.75 Å². The third kappa shape index (κ3) is 6.26. The van der Waals surface area contributed by atoms with Crippen LogP contribution in [0.25, 0.3) is 0 Å². The Labute approximate surface area is 110 Å². The highest BCUT2D eigenvalue weighted by Crippen LogP contribution is 2.15. The molecule has 0 aliphatic heterocycles. The monoisotopic (exact) mass is 300 g/mol. The first-order valence-electron chi connectivity index (χ1n) is 5.58. The molecular weight excluding hydrogens is 284 g/mol. The van der Waals surface area contributed by atoms with E-state index >= 15 is 0 Å². The number of hydrogen-bond donors (Lipinski definition) is 1. The molecule has 5 heteroatoms. The zero-order valence-corrected chi connectivity index (χ0v) is 11.7. The highest BCUT2D eigenvalue weighted by Gasteiger charge is 2.03. The van der Waals surface area contributed by atoms with Gasteiger partial charge in [-0.2, -0.15) is 0 Å². The molecule has 1 heterocycles. The number of rotatable bonds is 6. The summed E-state index contributed by atoms with van der Waals surface area (Å²) in [4.78, 5) is 15.4. The number of carbonyl (C=O) groups excluding carboxylic acids is 1. The number of halogens is 1. The predicted molar refractivity (Wildman–Crippen MR) is 69.9 cm³/mol. The van der Waals surface area contributed by atoms with Gasteiger partial charge in [-0.25, -0.2) is 0 Å². The van der Waals surface area contributed by atoms with Crippen LogP contribution in [0.3, 0.4) is 0 Å². The summed E-state index contributed by atoms with van der Waals surface area (Å²) in [5.41, 5.74) is 0. The van der Waals surface area contributed by atoms with Crippen LogP contribution in [0.1, 0.15) is 20.3 Å². The van der Waals surface area contributed by atoms with E-state index in [1.165, 1.54) is 0 Å². The second kappa shape index (κ2) is 7.27. The van der Waals surface area contributed by atoms with Crippen molar-refractivity contribution in [3.8, 4) is 5.75 Å². The summed E-state index contributed by atoms with van der Waals surface area (Å²) in [5, 5.41) is 2.80. The molecular formula is C12H17BrN2O2. The number of nitrogens with zero attached hydrogens (tertiary/aromatic N) is 1. The molecule has 1 aromatic heterocycles. The topological polar surface area (TPSA) is 51.2 Å². The van der Waals surface area contributed by atoms with Gasteiger partial charge in [0.1, 0.15) is 5.75 Å². The molecule has 0 aromatic carbocycles. The molecule has 0 spiro atoms. The third-order valence-corrected chi connectivity index (χ3v) is 2.53. The number of pyridine rings is 1. The van der Waals surface area contributed by atoms with Gasteiger partial charge in [-0.1, -0.05) is 13.8 Å². The number of aromatic nitrogens is 1. The molecule has 0 saturated heterocycles. The van der Waals surface area contributed by atoms with Crippen molar-refractivity contribution in [2.45, 2.75) is 20.3 Å². The SMILES string of the molecule is CC(C)CCNC(=O)COc1cncc(Br)c1. The molecule has 0 saturated carbocycles. The molecule has 1 amide bonds. The fourth-order valence-corrected chi connectivity index (χ4v) is 1.52. The van der Waals surface area contributed by atoms with Crippen molar-refractivity contribution < 1.29 is 9.53 Å². The van der Waals surface area contributed by atoms with Crippen molar-refractivity contribution in [2.24, 2.45) is 5.92 Å². The van der Waals surface area contributed by atoms with Gasteiger partial charge < -0.3 is 10.1 Å². The van der Waals surface area contributed by atoms with Gasteiger partial charge in [0, 0.05) is 17.2 Å². The molecule has 17 heavy (non-hydrogen) atoms. The van der Waals surface area contributed by atoms with E-state index in [0.717, 1.165) is 10.9 Å². The third-order valence-electron chi connectivity index (χ3n) is 2.09. The van der Waals surface area contributed by atoms with E-state index in [4.69, 9.17) is 4.74 Å². The van der Waals surface area contributed by atoms with Gasteiger partial charge in [0.25, 0.3) is 5.91 Å². The van der Waals surface area contributed by atoms with E-state index in [1.54, 1.807) is 18.5 Å². The van der Waals surface area contributed by atoms with Crippen LogP contribution in [-0.4, -0.2) is 24.0 Å². The van der Waals surface area contributed by atoms with Crippen LogP contribution in [0, 0.1) is 5.92 Å². The summed E-state index contributed by atoms with van der Waals surface area (Å²) in [5.74, 6) is 1.06. The number of amides is 1. The lowest BCUT2D eigenvalue weighted by Gasteiger charge is -2.08. The number of carbonyl (C=O) groups is 1. The summed E-state index contributed by atoms with van der Waals surface area (Å²) in [6.45, 7) is 4.96. The highest BCUT2D eigenvalue weighted by atomic mass is 79.9. The largest absolute Gasteiger partial charge is 0.482 e. The summed E-state index contributed by atoms with van der Waals surface area (Å²) in [7, 11) is 0. The van der Waals surface area contributed by atoms with Gasteiger partial charge in [0.2, 0.25) is 0 Å². The van der Waals surface area contributed by atoms with E-state index < -0.39 is 0 Å². The Hall–Kier alpha value is -1.10. The molecule has 0 unspecified atom stereocenters. The zero-order chi connectivity index (χ0) is 12.7. The Morgan fingerprint density at radius 2 is 2.29 bits per heavy atom. The van der Waals surface area contributed by atoms with Gasteiger partial charge in [-0.05, 0) is 34.3 Å². The smallest absolute Gasteiger partial charge is 0.257 e. The standard InChI is InChI=1S/C12H17BrN2O2/c1-9(2)3-4-15-12(16)8-17-11-5-10(13)6-14-7-11/h5-7,9H,3-4,8H2,1-2H3,(H,15,16). The minimum absolute atomic E-state index is 0.0240. The summed E-state index contributed by atoms with van der Waals surface area (Å²) < 4.78 is 6.13. The van der Waals surface area contributed by atoms with Crippen LogP contribution < -0.4 is 10.1 Å². The van der Waals surface area contributed by atoms with Crippen molar-refractivity contribution in [2.75, 3.05) is 13.2 Å². The Bertz CT molecular complexity index is 369. The Kier molecular flexibility index (Phi) is 5.97. The first kappa shape index (κ1) is 14.0. The second-order valence-corrected chi connectivity index (χ2v) is 5.08. The normalized spacial score (nSPS) is 10.4. The van der Waals surface area contributed by atoms with Crippen molar-refractivity contribution in [3.05, 3.63) is 22.9 Å². The van der Waals surface area contributed by atoms with E-state index in [1.807, 2.05) is 0 Å². The van der Waals surface area contributed by atoms with Crippen molar-refractivity contribution in [3.63, 3.8) is 0 Å². The molecule has 0 radical (unpaired) electrons. The van der Waals surface area contributed by atoms with Crippen molar-refractivity contribution in [1.29, 1.82) is 0 Å². The highest BCUT2D eigenvalue weighted by molar-refractivity contribution is 9.10. The first-order chi connectivity index (χ1) is 8.08. The molecule has 1 rings (SSSR count).